The number of nitro groups is 1. The second-order valence-electron chi connectivity index (χ2n) is 3.58. The van der Waals surface area contributed by atoms with E-state index in [1.54, 1.807) is 30.3 Å². The van der Waals surface area contributed by atoms with Gasteiger partial charge in [0.2, 0.25) is 0 Å². The summed E-state index contributed by atoms with van der Waals surface area (Å²) in [6.07, 6.45) is 0. The van der Waals surface area contributed by atoms with Crippen molar-refractivity contribution in [2.75, 3.05) is 5.32 Å². The molecular formula is C13H11ClN2O2. The Bertz CT molecular complexity index is 665. The second kappa shape index (κ2) is 5.51. The molecule has 0 amide bonds. The molecule has 0 unspecified atom stereocenters. The van der Waals surface area contributed by atoms with E-state index in [0.717, 1.165) is 0 Å². The zero-order valence-electron chi connectivity index (χ0n) is 11.3. The molecule has 5 heteroatoms. The van der Waals surface area contributed by atoms with Gasteiger partial charge in [-0.3, -0.25) is 10.1 Å². The first-order valence-corrected chi connectivity index (χ1v) is 5.60. The highest BCUT2D eigenvalue weighted by Gasteiger charge is 2.11. The molecule has 0 saturated heterocycles. The standard InChI is InChI=1S/C13H11ClN2O2/c14-11-7-5-10(6-8-11)9-15-12-3-1-2-4-13(12)16(17)18/h1-8,15H,9H2/i5D,7D. The van der Waals surface area contributed by atoms with Gasteiger partial charge in [0.1, 0.15) is 5.69 Å². The van der Waals surface area contributed by atoms with Crippen LogP contribution in [0.5, 0.6) is 0 Å². The van der Waals surface area contributed by atoms with Crippen molar-refractivity contribution in [1.82, 2.24) is 0 Å². The topological polar surface area (TPSA) is 55.2 Å². The smallest absolute Gasteiger partial charge is 0.292 e. The highest BCUT2D eigenvalue weighted by Crippen LogP contribution is 2.23. The van der Waals surface area contributed by atoms with Gasteiger partial charge in [-0.1, -0.05) is 35.8 Å². The molecule has 0 aromatic heterocycles. The van der Waals surface area contributed by atoms with E-state index in [4.69, 9.17) is 14.3 Å². The SMILES string of the molecule is [2H]c1c(Cl)ccc(CNc2ccccc2[N+](=O)[O-])c1[2H]. The predicted molar refractivity (Wildman–Crippen MR) is 71.9 cm³/mol. The molecule has 0 radical (unpaired) electrons. The zero-order chi connectivity index (χ0) is 14.7. The van der Waals surface area contributed by atoms with Gasteiger partial charge in [0.15, 0.2) is 0 Å². The minimum Gasteiger partial charge on any atom is -0.375 e. The van der Waals surface area contributed by atoms with Gasteiger partial charge in [0, 0.05) is 17.6 Å². The first kappa shape index (κ1) is 9.91. The maximum atomic E-state index is 10.9. The number of nitrogens with zero attached hydrogens (tertiary/aromatic N) is 1. The molecule has 0 aliphatic carbocycles. The third-order valence-electron chi connectivity index (χ3n) is 2.34. The molecule has 2 aromatic rings. The Hall–Kier alpha value is -2.07. The Morgan fingerprint density at radius 1 is 1.28 bits per heavy atom. The number of benzene rings is 2. The van der Waals surface area contributed by atoms with Crippen molar-refractivity contribution in [1.29, 1.82) is 0 Å². The minimum atomic E-state index is -0.471. The molecule has 2 rings (SSSR count). The number of nitrogens with one attached hydrogen (secondary N) is 1. The second-order valence-corrected chi connectivity index (χ2v) is 3.99. The van der Waals surface area contributed by atoms with Crippen LogP contribution in [0.2, 0.25) is 5.02 Å². The number of anilines is 1. The molecule has 0 heterocycles. The van der Waals surface area contributed by atoms with Crippen molar-refractivity contribution in [2.45, 2.75) is 6.54 Å². The summed E-state index contributed by atoms with van der Waals surface area (Å²) in [6.45, 7) is 0.215. The van der Waals surface area contributed by atoms with Gasteiger partial charge in [0.25, 0.3) is 5.69 Å². The molecule has 18 heavy (non-hydrogen) atoms. The van der Waals surface area contributed by atoms with Crippen molar-refractivity contribution in [3.63, 3.8) is 0 Å². The Labute approximate surface area is 112 Å². The van der Waals surface area contributed by atoms with Gasteiger partial charge in [-0.25, -0.2) is 0 Å². The Kier molecular flexibility index (Phi) is 3.03. The van der Waals surface area contributed by atoms with Gasteiger partial charge in [0.05, 0.1) is 7.66 Å². The minimum absolute atomic E-state index is 0.0172. The fourth-order valence-corrected chi connectivity index (χ4v) is 1.58. The quantitative estimate of drug-likeness (QED) is 0.674. The summed E-state index contributed by atoms with van der Waals surface area (Å²) in [6, 6.07) is 9.42. The van der Waals surface area contributed by atoms with Crippen LogP contribution in [0.3, 0.4) is 0 Å². The summed E-state index contributed by atoms with van der Waals surface area (Å²) in [7, 11) is 0. The van der Waals surface area contributed by atoms with Crippen LogP contribution in [0.1, 0.15) is 8.30 Å². The first-order valence-electron chi connectivity index (χ1n) is 6.22. The van der Waals surface area contributed by atoms with Gasteiger partial charge in [-0.15, -0.1) is 0 Å². The number of hydrogen-bond donors (Lipinski definition) is 1. The zero-order valence-corrected chi connectivity index (χ0v) is 10.1. The van der Waals surface area contributed by atoms with E-state index in [1.165, 1.54) is 6.07 Å². The average Bonchev–Trinajstić information content (AvgIpc) is 2.44. The van der Waals surface area contributed by atoms with Crippen LogP contribution in [-0.2, 0) is 6.54 Å². The van der Waals surface area contributed by atoms with E-state index in [9.17, 15) is 10.1 Å². The number of halogens is 1. The van der Waals surface area contributed by atoms with Crippen molar-refractivity contribution >= 4 is 23.0 Å². The normalized spacial score (nSPS) is 11.6. The monoisotopic (exact) mass is 264 g/mol. The van der Waals surface area contributed by atoms with Gasteiger partial charge in [-0.05, 0) is 23.7 Å². The number of rotatable bonds is 4. The fraction of sp³-hybridized carbons (Fsp3) is 0.0769. The number of hydrogen-bond acceptors (Lipinski definition) is 3. The van der Waals surface area contributed by atoms with Crippen LogP contribution in [-0.4, -0.2) is 4.92 Å². The van der Waals surface area contributed by atoms with E-state index in [-0.39, 0.29) is 29.3 Å². The summed E-state index contributed by atoms with van der Waals surface area (Å²) in [5, 5.41) is 14.0. The van der Waals surface area contributed by atoms with Crippen LogP contribution in [0.15, 0.2) is 48.5 Å². The van der Waals surface area contributed by atoms with Crippen molar-refractivity contribution < 1.29 is 7.66 Å². The number of para-hydroxylation sites is 2. The molecule has 1 N–H and O–H groups in total. The predicted octanol–water partition coefficient (Wildman–Crippen LogP) is 3.86. The molecule has 0 spiro atoms. The molecule has 4 nitrogen and oxygen atoms in total. The summed E-state index contributed by atoms with van der Waals surface area (Å²) >= 11 is 5.75. The highest BCUT2D eigenvalue weighted by atomic mass is 35.5. The van der Waals surface area contributed by atoms with Crippen LogP contribution in [0, 0.1) is 10.1 Å². The lowest BCUT2D eigenvalue weighted by atomic mass is 10.2. The fourth-order valence-electron chi connectivity index (χ4n) is 1.47. The van der Waals surface area contributed by atoms with Gasteiger partial charge in [-0.2, -0.15) is 0 Å². The molecular weight excluding hydrogens is 252 g/mol. The van der Waals surface area contributed by atoms with Gasteiger partial charge >= 0.3 is 0 Å². The molecule has 0 fully saturated rings. The van der Waals surface area contributed by atoms with E-state index in [0.29, 0.717) is 11.3 Å². The molecule has 0 bridgehead atoms. The Morgan fingerprint density at radius 3 is 2.83 bits per heavy atom. The van der Waals surface area contributed by atoms with Crippen LogP contribution < -0.4 is 5.32 Å². The van der Waals surface area contributed by atoms with Crippen molar-refractivity contribution in [3.05, 3.63) is 69.2 Å². The van der Waals surface area contributed by atoms with Crippen LogP contribution >= 0.6 is 11.6 Å². The maximum absolute atomic E-state index is 10.9. The van der Waals surface area contributed by atoms with Crippen LogP contribution in [0.25, 0.3) is 0 Å². The van der Waals surface area contributed by atoms with Crippen LogP contribution in [0.4, 0.5) is 11.4 Å². The third-order valence-corrected chi connectivity index (χ3v) is 2.56. The Morgan fingerprint density at radius 2 is 2.06 bits per heavy atom. The van der Waals surface area contributed by atoms with E-state index < -0.39 is 4.92 Å². The summed E-state index contributed by atoms with van der Waals surface area (Å²) < 4.78 is 15.4. The molecule has 0 saturated carbocycles. The lowest BCUT2D eigenvalue weighted by Gasteiger charge is -2.07. The van der Waals surface area contributed by atoms with E-state index in [1.807, 2.05) is 0 Å². The van der Waals surface area contributed by atoms with E-state index >= 15 is 0 Å². The van der Waals surface area contributed by atoms with Crippen molar-refractivity contribution in [2.24, 2.45) is 0 Å². The summed E-state index contributed by atoms with van der Waals surface area (Å²) in [5.74, 6) is 0. The third kappa shape index (κ3) is 2.99. The highest BCUT2D eigenvalue weighted by molar-refractivity contribution is 6.30. The molecule has 0 aliphatic heterocycles. The molecule has 2 aromatic carbocycles. The largest absolute Gasteiger partial charge is 0.375 e. The summed E-state index contributed by atoms with van der Waals surface area (Å²) in [5.41, 5.74) is 0.898. The number of nitro benzene ring substituents is 1. The summed E-state index contributed by atoms with van der Waals surface area (Å²) in [4.78, 5) is 10.4. The first-order chi connectivity index (χ1) is 9.50. The maximum Gasteiger partial charge on any atom is 0.292 e. The van der Waals surface area contributed by atoms with Gasteiger partial charge < -0.3 is 5.32 Å². The van der Waals surface area contributed by atoms with E-state index in [2.05, 4.69) is 5.32 Å². The average molecular weight is 265 g/mol. The molecule has 0 aliphatic rings. The lowest BCUT2D eigenvalue weighted by Crippen LogP contribution is -2.02. The lowest BCUT2D eigenvalue weighted by molar-refractivity contribution is -0.384. The Balaban J connectivity index is 2.22. The molecule has 92 valence electrons. The molecule has 0 atom stereocenters. The van der Waals surface area contributed by atoms with Crippen molar-refractivity contribution in [3.8, 4) is 0 Å².